The number of nitrogens with one attached hydrogen (secondary N) is 1. The molecule has 0 amide bonds. The summed E-state index contributed by atoms with van der Waals surface area (Å²) in [6.45, 7) is 1.66. The molecule has 0 unspecified atom stereocenters. The highest BCUT2D eigenvalue weighted by atomic mass is 35.5. The number of halogens is 1. The number of carboxylic acids is 1. The quantitative estimate of drug-likeness (QED) is 0.770. The van der Waals surface area contributed by atoms with E-state index in [9.17, 15) is 4.79 Å². The van der Waals surface area contributed by atoms with Gasteiger partial charge in [0.05, 0.1) is 5.56 Å². The van der Waals surface area contributed by atoms with E-state index in [2.05, 4.69) is 5.32 Å². The highest BCUT2D eigenvalue weighted by molar-refractivity contribution is 5.87. The molecule has 6 heteroatoms. The molecule has 2 N–H and O–H groups in total. The molecule has 0 aromatic heterocycles. The molecule has 0 spiro atoms. The first-order valence-corrected chi connectivity index (χ1v) is 6.64. The molecule has 1 aliphatic heterocycles. The minimum absolute atomic E-state index is 0. The third kappa shape index (κ3) is 3.69. The second-order valence-corrected chi connectivity index (χ2v) is 4.79. The summed E-state index contributed by atoms with van der Waals surface area (Å²) < 4.78 is 10.6. The fourth-order valence-electron chi connectivity index (χ4n) is 2.17. The van der Waals surface area contributed by atoms with Crippen LogP contribution in [-0.2, 0) is 13.1 Å². The van der Waals surface area contributed by atoms with Gasteiger partial charge in [0.1, 0.15) is 0 Å². The largest absolute Gasteiger partial charge is 1.00 e. The Morgan fingerprint density at radius 1 is 1.00 bits per heavy atom. The number of ether oxygens (including phenoxy) is 2. The standard InChI is InChI=1S/C16H15NO4.ClH/c18-16(19)13-4-1-11(2-5-13)8-17-9-12-3-6-14-15(7-12)21-10-20-14;/h1-7,17H,8-10H2,(H,18,19);1H/p-1. The fourth-order valence-corrected chi connectivity index (χ4v) is 2.17. The predicted octanol–water partition coefficient (Wildman–Crippen LogP) is -0.593. The number of aromatic carboxylic acids is 1. The Balaban J connectivity index is 0.00000176. The summed E-state index contributed by atoms with van der Waals surface area (Å²) in [6.07, 6.45) is 0. The van der Waals surface area contributed by atoms with Gasteiger partial charge in [0.25, 0.3) is 0 Å². The SMILES string of the molecule is O=C(O)c1ccc(CNCc2ccc3c(c2)OCO3)cc1.[Cl-]. The zero-order chi connectivity index (χ0) is 14.7. The normalized spacial score (nSPS) is 11.8. The molecule has 1 aliphatic rings. The van der Waals surface area contributed by atoms with Crippen LogP contribution in [0, 0.1) is 0 Å². The first-order valence-electron chi connectivity index (χ1n) is 6.64. The number of hydrogen-bond acceptors (Lipinski definition) is 4. The zero-order valence-electron chi connectivity index (χ0n) is 11.7. The van der Waals surface area contributed by atoms with E-state index in [-0.39, 0.29) is 19.2 Å². The molecule has 1 heterocycles. The van der Waals surface area contributed by atoms with E-state index in [0.717, 1.165) is 22.6 Å². The maximum Gasteiger partial charge on any atom is 0.335 e. The Bertz CT molecular complexity index is 658. The molecule has 2 aromatic carbocycles. The summed E-state index contributed by atoms with van der Waals surface area (Å²) in [4.78, 5) is 10.8. The van der Waals surface area contributed by atoms with Gasteiger partial charge in [-0.2, -0.15) is 0 Å². The van der Waals surface area contributed by atoms with Crippen LogP contribution in [-0.4, -0.2) is 17.9 Å². The Morgan fingerprint density at radius 3 is 2.36 bits per heavy atom. The lowest BCUT2D eigenvalue weighted by atomic mass is 10.1. The lowest BCUT2D eigenvalue weighted by Gasteiger charge is -2.06. The van der Waals surface area contributed by atoms with Crippen molar-refractivity contribution in [2.24, 2.45) is 0 Å². The molecule has 22 heavy (non-hydrogen) atoms. The number of rotatable bonds is 5. The van der Waals surface area contributed by atoms with Crippen LogP contribution < -0.4 is 27.2 Å². The smallest absolute Gasteiger partial charge is 0.335 e. The molecule has 116 valence electrons. The monoisotopic (exact) mass is 320 g/mol. The van der Waals surface area contributed by atoms with Gasteiger partial charge in [0.15, 0.2) is 11.5 Å². The van der Waals surface area contributed by atoms with Crippen molar-refractivity contribution >= 4 is 5.97 Å². The molecule has 0 radical (unpaired) electrons. The van der Waals surface area contributed by atoms with Gasteiger partial charge >= 0.3 is 5.97 Å². The van der Waals surface area contributed by atoms with Gasteiger partial charge in [-0.1, -0.05) is 18.2 Å². The summed E-state index contributed by atoms with van der Waals surface area (Å²) >= 11 is 0. The number of fused-ring (bicyclic) bond motifs is 1. The van der Waals surface area contributed by atoms with Crippen molar-refractivity contribution in [2.45, 2.75) is 13.1 Å². The Kier molecular flexibility index (Phi) is 5.25. The summed E-state index contributed by atoms with van der Waals surface area (Å²) in [5.74, 6) is 0.651. The van der Waals surface area contributed by atoms with E-state index in [1.807, 2.05) is 30.3 Å². The highest BCUT2D eigenvalue weighted by Gasteiger charge is 2.12. The Morgan fingerprint density at radius 2 is 1.64 bits per heavy atom. The number of hydrogen-bond donors (Lipinski definition) is 2. The second-order valence-electron chi connectivity index (χ2n) is 4.79. The average Bonchev–Trinajstić information content (AvgIpc) is 2.95. The lowest BCUT2D eigenvalue weighted by molar-refractivity contribution is -0.0000213. The maximum absolute atomic E-state index is 10.8. The van der Waals surface area contributed by atoms with Crippen LogP contribution in [0.15, 0.2) is 42.5 Å². The summed E-state index contributed by atoms with van der Waals surface area (Å²) in [6, 6.07) is 12.7. The van der Waals surface area contributed by atoms with Gasteiger partial charge in [-0.25, -0.2) is 4.79 Å². The van der Waals surface area contributed by atoms with Gasteiger partial charge < -0.3 is 32.3 Å². The van der Waals surface area contributed by atoms with Crippen molar-refractivity contribution in [3.05, 3.63) is 59.2 Å². The van der Waals surface area contributed by atoms with Crippen LogP contribution in [0.1, 0.15) is 21.5 Å². The first-order chi connectivity index (χ1) is 10.2. The Hall–Kier alpha value is -2.24. The van der Waals surface area contributed by atoms with Gasteiger partial charge in [0.2, 0.25) is 6.79 Å². The van der Waals surface area contributed by atoms with Gasteiger partial charge in [0, 0.05) is 13.1 Å². The fraction of sp³-hybridized carbons (Fsp3) is 0.188. The number of benzene rings is 2. The van der Waals surface area contributed by atoms with Crippen LogP contribution in [0.3, 0.4) is 0 Å². The topological polar surface area (TPSA) is 67.8 Å². The summed E-state index contributed by atoms with van der Waals surface area (Å²) in [7, 11) is 0. The van der Waals surface area contributed by atoms with E-state index in [0.29, 0.717) is 18.7 Å². The number of carbonyl (C=O) groups is 1. The lowest BCUT2D eigenvalue weighted by Crippen LogP contribution is -3.00. The second kappa shape index (κ2) is 7.15. The Labute approximate surface area is 134 Å². The van der Waals surface area contributed by atoms with Gasteiger partial charge in [-0.3, -0.25) is 0 Å². The molecule has 0 bridgehead atoms. The van der Waals surface area contributed by atoms with E-state index in [1.165, 1.54) is 0 Å². The molecular formula is C16H15ClNO4-. The van der Waals surface area contributed by atoms with Crippen LogP contribution in [0.5, 0.6) is 11.5 Å². The first kappa shape index (κ1) is 16.1. The van der Waals surface area contributed by atoms with Crippen LogP contribution in [0.2, 0.25) is 0 Å². The molecule has 0 saturated carbocycles. The zero-order valence-corrected chi connectivity index (χ0v) is 12.5. The molecule has 2 aromatic rings. The van der Waals surface area contributed by atoms with Crippen molar-refractivity contribution in [2.75, 3.05) is 6.79 Å². The molecule has 0 atom stereocenters. The van der Waals surface area contributed by atoms with Crippen molar-refractivity contribution in [1.29, 1.82) is 0 Å². The molecular weight excluding hydrogens is 306 g/mol. The molecule has 0 aliphatic carbocycles. The van der Waals surface area contributed by atoms with E-state index >= 15 is 0 Å². The average molecular weight is 321 g/mol. The van der Waals surface area contributed by atoms with Gasteiger partial charge in [-0.15, -0.1) is 0 Å². The summed E-state index contributed by atoms with van der Waals surface area (Å²) in [5, 5.41) is 12.2. The van der Waals surface area contributed by atoms with Crippen LogP contribution >= 0.6 is 0 Å². The van der Waals surface area contributed by atoms with Crippen molar-refractivity contribution < 1.29 is 31.8 Å². The molecule has 5 nitrogen and oxygen atoms in total. The predicted molar refractivity (Wildman–Crippen MR) is 76.5 cm³/mol. The molecule has 0 fully saturated rings. The minimum Gasteiger partial charge on any atom is -1.00 e. The molecule has 0 saturated heterocycles. The third-order valence-corrected chi connectivity index (χ3v) is 3.30. The van der Waals surface area contributed by atoms with Crippen LogP contribution in [0.25, 0.3) is 0 Å². The highest BCUT2D eigenvalue weighted by Crippen LogP contribution is 2.32. The minimum atomic E-state index is -0.908. The van der Waals surface area contributed by atoms with Crippen LogP contribution in [0.4, 0.5) is 0 Å². The third-order valence-electron chi connectivity index (χ3n) is 3.30. The van der Waals surface area contributed by atoms with Crippen molar-refractivity contribution in [1.82, 2.24) is 5.32 Å². The van der Waals surface area contributed by atoms with E-state index in [1.54, 1.807) is 12.1 Å². The van der Waals surface area contributed by atoms with Gasteiger partial charge in [-0.05, 0) is 35.4 Å². The van der Waals surface area contributed by atoms with Crippen molar-refractivity contribution in [3.8, 4) is 11.5 Å². The maximum atomic E-state index is 10.8. The van der Waals surface area contributed by atoms with E-state index < -0.39 is 5.97 Å². The summed E-state index contributed by atoms with van der Waals surface area (Å²) in [5.41, 5.74) is 2.46. The van der Waals surface area contributed by atoms with Crippen molar-refractivity contribution in [3.63, 3.8) is 0 Å². The number of carboxylic acid groups (broad SMARTS) is 1. The van der Waals surface area contributed by atoms with E-state index in [4.69, 9.17) is 14.6 Å². The molecule has 3 rings (SSSR count).